The van der Waals surface area contributed by atoms with Gasteiger partial charge in [-0.1, -0.05) is 24.1 Å². The van der Waals surface area contributed by atoms with Gasteiger partial charge in [-0.15, -0.1) is 6.42 Å². The van der Waals surface area contributed by atoms with Gasteiger partial charge in [-0.3, -0.25) is 4.79 Å². The lowest BCUT2D eigenvalue weighted by molar-refractivity contribution is -0.139. The lowest BCUT2D eigenvalue weighted by atomic mass is 9.97. The summed E-state index contributed by atoms with van der Waals surface area (Å²) in [4.78, 5) is 14.3. The van der Waals surface area contributed by atoms with Crippen molar-refractivity contribution in [2.45, 2.75) is 25.9 Å². The van der Waals surface area contributed by atoms with E-state index >= 15 is 0 Å². The SMILES string of the molecule is C#CCOCC1CCN(C(=O)C(C)Oc2ccccc2)CC1. The number of benzene rings is 1. The molecule has 4 nitrogen and oxygen atoms in total. The summed E-state index contributed by atoms with van der Waals surface area (Å²) in [5.74, 6) is 3.73. The number of hydrogen-bond acceptors (Lipinski definition) is 3. The Morgan fingerprint density at radius 3 is 2.68 bits per heavy atom. The van der Waals surface area contributed by atoms with E-state index in [0.29, 0.717) is 19.1 Å². The fourth-order valence-electron chi connectivity index (χ4n) is 2.62. The van der Waals surface area contributed by atoms with Crippen LogP contribution in [0.25, 0.3) is 0 Å². The fourth-order valence-corrected chi connectivity index (χ4v) is 2.62. The molecule has 0 aromatic heterocycles. The van der Waals surface area contributed by atoms with E-state index in [-0.39, 0.29) is 5.91 Å². The molecule has 1 amide bonds. The summed E-state index contributed by atoms with van der Waals surface area (Å²) in [6.45, 7) is 4.36. The van der Waals surface area contributed by atoms with E-state index in [1.807, 2.05) is 35.2 Å². The van der Waals surface area contributed by atoms with Crippen LogP contribution < -0.4 is 4.74 Å². The quantitative estimate of drug-likeness (QED) is 0.598. The van der Waals surface area contributed by atoms with Crippen LogP contribution in [0.3, 0.4) is 0 Å². The van der Waals surface area contributed by atoms with Crippen LogP contribution in [0.5, 0.6) is 5.75 Å². The second-order valence-corrected chi connectivity index (χ2v) is 5.56. The average molecular weight is 301 g/mol. The summed E-state index contributed by atoms with van der Waals surface area (Å²) in [6, 6.07) is 9.44. The molecule has 0 saturated carbocycles. The van der Waals surface area contributed by atoms with Crippen LogP contribution in [0.1, 0.15) is 19.8 Å². The van der Waals surface area contributed by atoms with Gasteiger partial charge in [-0.05, 0) is 37.8 Å². The van der Waals surface area contributed by atoms with Gasteiger partial charge in [-0.25, -0.2) is 0 Å². The highest BCUT2D eigenvalue weighted by Gasteiger charge is 2.27. The lowest BCUT2D eigenvalue weighted by Crippen LogP contribution is -2.45. The molecule has 0 radical (unpaired) electrons. The van der Waals surface area contributed by atoms with Gasteiger partial charge in [0.15, 0.2) is 6.10 Å². The molecule has 1 aliphatic heterocycles. The van der Waals surface area contributed by atoms with Crippen LogP contribution in [0.4, 0.5) is 0 Å². The van der Waals surface area contributed by atoms with Crippen molar-refractivity contribution in [3.05, 3.63) is 30.3 Å². The normalized spacial score (nSPS) is 16.8. The van der Waals surface area contributed by atoms with Crippen molar-refractivity contribution in [3.8, 4) is 18.1 Å². The molecule has 1 fully saturated rings. The molecule has 1 aromatic carbocycles. The third-order valence-corrected chi connectivity index (χ3v) is 3.87. The van der Waals surface area contributed by atoms with Crippen molar-refractivity contribution in [2.24, 2.45) is 5.92 Å². The molecular weight excluding hydrogens is 278 g/mol. The molecule has 0 aliphatic carbocycles. The van der Waals surface area contributed by atoms with Gasteiger partial charge < -0.3 is 14.4 Å². The monoisotopic (exact) mass is 301 g/mol. The Kier molecular flexibility index (Phi) is 6.29. The number of piperidine rings is 1. The van der Waals surface area contributed by atoms with Crippen LogP contribution in [-0.4, -0.2) is 43.2 Å². The van der Waals surface area contributed by atoms with E-state index in [9.17, 15) is 4.79 Å². The Balaban J connectivity index is 1.76. The number of carbonyl (C=O) groups excluding carboxylic acids is 1. The molecule has 1 saturated heterocycles. The van der Waals surface area contributed by atoms with Gasteiger partial charge in [0.2, 0.25) is 0 Å². The van der Waals surface area contributed by atoms with E-state index < -0.39 is 6.10 Å². The molecular formula is C18H23NO3. The standard InChI is InChI=1S/C18H23NO3/c1-3-13-21-14-16-9-11-19(12-10-16)18(20)15(2)22-17-7-5-4-6-8-17/h1,4-8,15-16H,9-14H2,2H3. The van der Waals surface area contributed by atoms with Gasteiger partial charge in [0.1, 0.15) is 12.4 Å². The second-order valence-electron chi connectivity index (χ2n) is 5.56. The first-order chi connectivity index (χ1) is 10.7. The largest absolute Gasteiger partial charge is 0.481 e. The Hall–Kier alpha value is -1.99. The minimum absolute atomic E-state index is 0.0480. The van der Waals surface area contributed by atoms with Crippen molar-refractivity contribution in [1.82, 2.24) is 4.90 Å². The zero-order valence-corrected chi connectivity index (χ0v) is 13.0. The highest BCUT2D eigenvalue weighted by Crippen LogP contribution is 2.19. The topological polar surface area (TPSA) is 38.8 Å². The summed E-state index contributed by atoms with van der Waals surface area (Å²) in [7, 11) is 0. The smallest absolute Gasteiger partial charge is 0.263 e. The number of nitrogens with zero attached hydrogens (tertiary/aromatic N) is 1. The summed E-state index contributed by atoms with van der Waals surface area (Å²) < 4.78 is 11.1. The maximum absolute atomic E-state index is 12.4. The highest BCUT2D eigenvalue weighted by atomic mass is 16.5. The molecule has 118 valence electrons. The van der Waals surface area contributed by atoms with E-state index in [2.05, 4.69) is 5.92 Å². The Labute approximate surface area is 132 Å². The molecule has 1 atom stereocenters. The van der Waals surface area contributed by atoms with Crippen LogP contribution >= 0.6 is 0 Å². The van der Waals surface area contributed by atoms with Crippen molar-refractivity contribution >= 4 is 5.91 Å². The molecule has 0 N–H and O–H groups in total. The molecule has 0 spiro atoms. The van der Waals surface area contributed by atoms with E-state index in [1.54, 1.807) is 6.92 Å². The first kappa shape index (κ1) is 16.4. The number of carbonyl (C=O) groups is 1. The minimum Gasteiger partial charge on any atom is -0.481 e. The van der Waals surface area contributed by atoms with Gasteiger partial charge in [0, 0.05) is 13.1 Å². The fraction of sp³-hybridized carbons (Fsp3) is 0.500. The molecule has 1 heterocycles. The van der Waals surface area contributed by atoms with E-state index in [0.717, 1.165) is 31.7 Å². The van der Waals surface area contributed by atoms with Crippen molar-refractivity contribution < 1.29 is 14.3 Å². The van der Waals surface area contributed by atoms with Crippen LogP contribution in [0, 0.1) is 18.3 Å². The maximum Gasteiger partial charge on any atom is 0.263 e. The van der Waals surface area contributed by atoms with Crippen LogP contribution in [0.15, 0.2) is 30.3 Å². The van der Waals surface area contributed by atoms with Gasteiger partial charge in [0.05, 0.1) is 6.61 Å². The molecule has 1 unspecified atom stereocenters. The first-order valence-corrected chi connectivity index (χ1v) is 7.72. The number of rotatable bonds is 6. The first-order valence-electron chi connectivity index (χ1n) is 7.72. The highest BCUT2D eigenvalue weighted by molar-refractivity contribution is 5.81. The molecule has 2 rings (SSSR count). The van der Waals surface area contributed by atoms with Crippen LogP contribution in [-0.2, 0) is 9.53 Å². The van der Waals surface area contributed by atoms with E-state index in [1.165, 1.54) is 0 Å². The van der Waals surface area contributed by atoms with Crippen LogP contribution in [0.2, 0.25) is 0 Å². The summed E-state index contributed by atoms with van der Waals surface area (Å²) >= 11 is 0. The lowest BCUT2D eigenvalue weighted by Gasteiger charge is -2.33. The second kappa shape index (κ2) is 8.45. The number of amides is 1. The number of terminal acetylenes is 1. The maximum atomic E-state index is 12.4. The van der Waals surface area contributed by atoms with Crippen molar-refractivity contribution in [1.29, 1.82) is 0 Å². The third kappa shape index (κ3) is 4.78. The third-order valence-electron chi connectivity index (χ3n) is 3.87. The average Bonchev–Trinajstić information content (AvgIpc) is 2.56. The number of likely N-dealkylation sites (tertiary alicyclic amines) is 1. The molecule has 0 bridgehead atoms. The number of hydrogen-bond donors (Lipinski definition) is 0. The zero-order chi connectivity index (χ0) is 15.8. The Morgan fingerprint density at radius 1 is 1.36 bits per heavy atom. The molecule has 1 aliphatic rings. The predicted octanol–water partition coefficient (Wildman–Crippen LogP) is 2.34. The molecule has 1 aromatic rings. The summed E-state index contributed by atoms with van der Waals surface area (Å²) in [5.41, 5.74) is 0. The van der Waals surface area contributed by atoms with Crippen molar-refractivity contribution in [2.75, 3.05) is 26.3 Å². The number of para-hydroxylation sites is 1. The summed E-state index contributed by atoms with van der Waals surface area (Å²) in [5, 5.41) is 0. The van der Waals surface area contributed by atoms with Gasteiger partial charge in [-0.2, -0.15) is 0 Å². The zero-order valence-electron chi connectivity index (χ0n) is 13.0. The predicted molar refractivity (Wildman–Crippen MR) is 85.5 cm³/mol. The van der Waals surface area contributed by atoms with Crippen molar-refractivity contribution in [3.63, 3.8) is 0 Å². The summed E-state index contributed by atoms with van der Waals surface area (Å²) in [6.07, 6.45) is 6.60. The van der Waals surface area contributed by atoms with Gasteiger partial charge in [0.25, 0.3) is 5.91 Å². The minimum atomic E-state index is -0.461. The Morgan fingerprint density at radius 2 is 2.05 bits per heavy atom. The molecule has 22 heavy (non-hydrogen) atoms. The Bertz CT molecular complexity index is 501. The molecule has 4 heteroatoms. The van der Waals surface area contributed by atoms with Gasteiger partial charge >= 0.3 is 0 Å². The van der Waals surface area contributed by atoms with E-state index in [4.69, 9.17) is 15.9 Å². The number of ether oxygens (including phenoxy) is 2.